The van der Waals surface area contributed by atoms with Gasteiger partial charge >= 0.3 is 5.97 Å². The molecule has 2 rings (SSSR count). The van der Waals surface area contributed by atoms with Crippen LogP contribution in [0.2, 0.25) is 0 Å². The maximum Gasteiger partial charge on any atom is 0.307 e. The maximum absolute atomic E-state index is 11.6. The Kier molecular flexibility index (Phi) is 5.34. The Hall–Kier alpha value is -1.17. The average molecular weight is 309 g/mol. The van der Waals surface area contributed by atoms with Crippen LogP contribution in [0.5, 0.6) is 0 Å². The number of rotatable bonds is 6. The lowest BCUT2D eigenvalue weighted by Crippen LogP contribution is -2.26. The fraction of sp³-hybridized carbons (Fsp3) is 0.400. The molecule has 2 unspecified atom stereocenters. The molecule has 2 heterocycles. The lowest BCUT2D eigenvalue weighted by molar-refractivity contribution is -0.141. The van der Waals surface area contributed by atoms with E-state index < -0.39 is 0 Å². The monoisotopic (exact) mass is 309 g/mol. The Morgan fingerprint density at radius 1 is 1.35 bits per heavy atom. The predicted molar refractivity (Wildman–Crippen MR) is 84.3 cm³/mol. The Bertz CT molecular complexity index is 548. The summed E-state index contributed by atoms with van der Waals surface area (Å²) < 4.78 is 4.80. The fourth-order valence-corrected chi connectivity index (χ4v) is 3.73. The highest BCUT2D eigenvalue weighted by atomic mass is 32.1. The van der Waals surface area contributed by atoms with E-state index in [1.807, 2.05) is 11.4 Å². The van der Waals surface area contributed by atoms with Gasteiger partial charge in [0.15, 0.2) is 0 Å². The van der Waals surface area contributed by atoms with Gasteiger partial charge in [-0.3, -0.25) is 4.79 Å². The largest absolute Gasteiger partial charge is 0.469 e. The van der Waals surface area contributed by atoms with Crippen molar-refractivity contribution >= 4 is 28.6 Å². The number of thiophene rings is 2. The first-order chi connectivity index (χ1) is 9.60. The van der Waals surface area contributed by atoms with E-state index in [0.717, 1.165) is 4.88 Å². The van der Waals surface area contributed by atoms with Crippen molar-refractivity contribution in [1.82, 2.24) is 5.32 Å². The van der Waals surface area contributed by atoms with E-state index in [0.29, 0.717) is 6.42 Å². The van der Waals surface area contributed by atoms with Gasteiger partial charge in [0.25, 0.3) is 0 Å². The van der Waals surface area contributed by atoms with Crippen LogP contribution in [0, 0.1) is 6.92 Å². The van der Waals surface area contributed by atoms with E-state index >= 15 is 0 Å². The molecular formula is C15H19NO2S2. The second kappa shape index (κ2) is 7.02. The summed E-state index contributed by atoms with van der Waals surface area (Å²) >= 11 is 3.44. The third-order valence-electron chi connectivity index (χ3n) is 3.12. The van der Waals surface area contributed by atoms with Gasteiger partial charge in [0.1, 0.15) is 0 Å². The zero-order valence-corrected chi connectivity index (χ0v) is 13.5. The molecule has 2 aromatic heterocycles. The van der Waals surface area contributed by atoms with Gasteiger partial charge in [-0.05, 0) is 37.4 Å². The van der Waals surface area contributed by atoms with Crippen molar-refractivity contribution in [2.75, 3.05) is 7.11 Å². The SMILES string of the molecule is COC(=O)CC(NC(C)c1ccc(C)s1)c1cccs1. The molecule has 0 amide bonds. The first-order valence-corrected chi connectivity index (χ1v) is 8.22. The summed E-state index contributed by atoms with van der Waals surface area (Å²) in [4.78, 5) is 15.3. The molecule has 108 valence electrons. The summed E-state index contributed by atoms with van der Waals surface area (Å²) in [5.41, 5.74) is 0. The summed E-state index contributed by atoms with van der Waals surface area (Å²) in [5, 5.41) is 5.56. The minimum Gasteiger partial charge on any atom is -0.469 e. The summed E-state index contributed by atoms with van der Waals surface area (Å²) in [5.74, 6) is -0.189. The van der Waals surface area contributed by atoms with Gasteiger partial charge in [0.2, 0.25) is 0 Å². The zero-order valence-electron chi connectivity index (χ0n) is 11.9. The van der Waals surface area contributed by atoms with Gasteiger partial charge in [0, 0.05) is 20.7 Å². The Morgan fingerprint density at radius 2 is 2.15 bits per heavy atom. The van der Waals surface area contributed by atoms with Crippen molar-refractivity contribution in [3.8, 4) is 0 Å². The van der Waals surface area contributed by atoms with E-state index in [9.17, 15) is 4.79 Å². The summed E-state index contributed by atoms with van der Waals surface area (Å²) in [6.45, 7) is 4.23. The molecule has 0 bridgehead atoms. The number of esters is 1. The molecular weight excluding hydrogens is 290 g/mol. The highest BCUT2D eigenvalue weighted by Gasteiger charge is 2.20. The van der Waals surface area contributed by atoms with Gasteiger partial charge in [-0.15, -0.1) is 22.7 Å². The van der Waals surface area contributed by atoms with Crippen LogP contribution in [-0.4, -0.2) is 13.1 Å². The first-order valence-electron chi connectivity index (χ1n) is 6.52. The third kappa shape index (κ3) is 3.91. The van der Waals surface area contributed by atoms with Crippen LogP contribution in [0.4, 0.5) is 0 Å². The number of nitrogens with one attached hydrogen (secondary N) is 1. The van der Waals surface area contributed by atoms with Gasteiger partial charge < -0.3 is 10.1 Å². The van der Waals surface area contributed by atoms with Crippen molar-refractivity contribution in [3.05, 3.63) is 44.3 Å². The standard InChI is InChI=1S/C15H19NO2S2/c1-10-6-7-13(20-10)11(2)16-12(9-15(17)18-3)14-5-4-8-19-14/h4-8,11-12,16H,9H2,1-3H3. The van der Waals surface area contributed by atoms with Crippen LogP contribution in [0.25, 0.3) is 0 Å². The molecule has 0 aliphatic carbocycles. The first kappa shape index (κ1) is 15.2. The highest BCUT2D eigenvalue weighted by molar-refractivity contribution is 7.12. The van der Waals surface area contributed by atoms with Crippen LogP contribution in [-0.2, 0) is 9.53 Å². The molecule has 0 fully saturated rings. The van der Waals surface area contributed by atoms with Crippen molar-refractivity contribution in [2.45, 2.75) is 32.4 Å². The molecule has 0 aliphatic rings. The molecule has 2 atom stereocenters. The molecule has 2 aromatic rings. The molecule has 0 radical (unpaired) electrons. The molecule has 5 heteroatoms. The topological polar surface area (TPSA) is 38.3 Å². The van der Waals surface area contributed by atoms with E-state index in [2.05, 4.69) is 37.4 Å². The van der Waals surface area contributed by atoms with E-state index in [4.69, 9.17) is 4.74 Å². The molecule has 0 aromatic carbocycles. The number of carbonyl (C=O) groups excluding carboxylic acids is 1. The summed E-state index contributed by atoms with van der Waals surface area (Å²) in [6, 6.07) is 8.54. The lowest BCUT2D eigenvalue weighted by Gasteiger charge is -2.21. The number of aryl methyl sites for hydroxylation is 1. The lowest BCUT2D eigenvalue weighted by atomic mass is 10.1. The van der Waals surface area contributed by atoms with E-state index in [1.165, 1.54) is 16.9 Å². The average Bonchev–Trinajstić information content (AvgIpc) is 3.08. The molecule has 20 heavy (non-hydrogen) atoms. The molecule has 0 saturated carbocycles. The second-order valence-corrected chi connectivity index (χ2v) is 6.98. The molecule has 0 spiro atoms. The summed E-state index contributed by atoms with van der Waals surface area (Å²) in [7, 11) is 1.43. The van der Waals surface area contributed by atoms with Crippen molar-refractivity contribution in [2.24, 2.45) is 0 Å². The van der Waals surface area contributed by atoms with Crippen LogP contribution >= 0.6 is 22.7 Å². The molecule has 1 N–H and O–H groups in total. The predicted octanol–water partition coefficient (Wildman–Crippen LogP) is 4.07. The second-order valence-electron chi connectivity index (χ2n) is 4.69. The smallest absolute Gasteiger partial charge is 0.307 e. The maximum atomic E-state index is 11.6. The Labute approximate surface area is 127 Å². The van der Waals surface area contributed by atoms with Crippen molar-refractivity contribution < 1.29 is 9.53 Å². The summed E-state index contributed by atoms with van der Waals surface area (Å²) in [6.07, 6.45) is 0.353. The van der Waals surface area contributed by atoms with Crippen LogP contribution < -0.4 is 5.32 Å². The van der Waals surface area contributed by atoms with Gasteiger partial charge in [-0.1, -0.05) is 6.07 Å². The van der Waals surface area contributed by atoms with Gasteiger partial charge in [-0.2, -0.15) is 0 Å². The number of hydrogen-bond acceptors (Lipinski definition) is 5. The third-order valence-corrected chi connectivity index (χ3v) is 5.29. The van der Waals surface area contributed by atoms with E-state index in [1.54, 1.807) is 22.7 Å². The van der Waals surface area contributed by atoms with Crippen molar-refractivity contribution in [3.63, 3.8) is 0 Å². The van der Waals surface area contributed by atoms with Gasteiger partial charge in [-0.25, -0.2) is 0 Å². The van der Waals surface area contributed by atoms with E-state index in [-0.39, 0.29) is 18.1 Å². The highest BCUT2D eigenvalue weighted by Crippen LogP contribution is 2.28. The quantitative estimate of drug-likeness (QED) is 0.817. The number of ether oxygens (including phenoxy) is 1. The van der Waals surface area contributed by atoms with Crippen LogP contribution in [0.15, 0.2) is 29.6 Å². The Balaban J connectivity index is 2.09. The molecule has 3 nitrogen and oxygen atoms in total. The zero-order chi connectivity index (χ0) is 14.5. The minimum absolute atomic E-state index is 0.000133. The number of hydrogen-bond donors (Lipinski definition) is 1. The minimum atomic E-state index is -0.189. The van der Waals surface area contributed by atoms with Crippen LogP contribution in [0.3, 0.4) is 0 Å². The Morgan fingerprint density at radius 3 is 2.70 bits per heavy atom. The number of methoxy groups -OCH3 is 1. The number of carbonyl (C=O) groups is 1. The van der Waals surface area contributed by atoms with Crippen molar-refractivity contribution in [1.29, 1.82) is 0 Å². The fourth-order valence-electron chi connectivity index (χ4n) is 2.05. The van der Waals surface area contributed by atoms with Crippen LogP contribution in [0.1, 0.15) is 40.1 Å². The molecule has 0 saturated heterocycles. The normalized spacial score (nSPS) is 13.9. The van der Waals surface area contributed by atoms with Gasteiger partial charge in [0.05, 0.1) is 19.6 Å². The molecule has 0 aliphatic heterocycles.